The fourth-order valence-electron chi connectivity index (χ4n) is 4.82. The van der Waals surface area contributed by atoms with Crippen molar-refractivity contribution in [3.05, 3.63) is 82.7 Å². The van der Waals surface area contributed by atoms with Gasteiger partial charge < -0.3 is 9.47 Å². The third kappa shape index (κ3) is 3.53. The highest BCUT2D eigenvalue weighted by atomic mass is 16.2. The number of aryl methyl sites for hydroxylation is 2. The summed E-state index contributed by atoms with van der Waals surface area (Å²) < 4.78 is 5.14. The molecule has 0 N–H and O–H groups in total. The van der Waals surface area contributed by atoms with Gasteiger partial charge in [-0.1, -0.05) is 36.4 Å². The van der Waals surface area contributed by atoms with E-state index in [4.69, 9.17) is 0 Å². The summed E-state index contributed by atoms with van der Waals surface area (Å²) >= 11 is 0. The van der Waals surface area contributed by atoms with Crippen molar-refractivity contribution in [2.75, 3.05) is 13.1 Å². The lowest BCUT2D eigenvalue weighted by molar-refractivity contribution is -0.131. The van der Waals surface area contributed by atoms with E-state index in [0.717, 1.165) is 47.4 Å². The molecular formula is C25H27N5O2. The van der Waals surface area contributed by atoms with Crippen molar-refractivity contribution in [3.8, 4) is 5.69 Å². The summed E-state index contributed by atoms with van der Waals surface area (Å²) in [4.78, 5) is 28.0. The summed E-state index contributed by atoms with van der Waals surface area (Å²) in [6.45, 7) is 1.31. The van der Waals surface area contributed by atoms with Gasteiger partial charge in [0.05, 0.1) is 12.1 Å². The molecule has 3 heterocycles. The fourth-order valence-corrected chi connectivity index (χ4v) is 4.82. The molecule has 2 aromatic heterocycles. The summed E-state index contributed by atoms with van der Waals surface area (Å²) in [7, 11) is 3.69. The molecule has 0 bridgehead atoms. The molecule has 1 aliphatic heterocycles. The van der Waals surface area contributed by atoms with Crippen LogP contribution in [0.1, 0.15) is 30.1 Å². The third-order valence-corrected chi connectivity index (χ3v) is 6.42. The zero-order valence-electron chi connectivity index (χ0n) is 18.4. The van der Waals surface area contributed by atoms with Crippen molar-refractivity contribution >= 4 is 16.8 Å². The molecule has 0 unspecified atom stereocenters. The summed E-state index contributed by atoms with van der Waals surface area (Å²) in [5.74, 6) is 0.872. The molecule has 1 fully saturated rings. The zero-order valence-corrected chi connectivity index (χ0v) is 18.4. The molecule has 0 saturated carbocycles. The molecule has 7 nitrogen and oxygen atoms in total. The molecule has 0 aliphatic carbocycles. The van der Waals surface area contributed by atoms with Gasteiger partial charge in [-0.3, -0.25) is 4.79 Å². The highest BCUT2D eigenvalue weighted by Crippen LogP contribution is 2.28. The number of carbonyl (C=O) groups excluding carboxylic acids is 1. The average Bonchev–Trinajstić information content (AvgIpc) is 3.30. The summed E-state index contributed by atoms with van der Waals surface area (Å²) in [6.07, 6.45) is 4.23. The Labute approximate surface area is 186 Å². The number of benzene rings is 2. The minimum absolute atomic E-state index is 0.0225. The number of piperidine rings is 1. The van der Waals surface area contributed by atoms with Gasteiger partial charge in [0.1, 0.15) is 5.82 Å². The van der Waals surface area contributed by atoms with Crippen molar-refractivity contribution in [2.45, 2.75) is 25.2 Å². The summed E-state index contributed by atoms with van der Waals surface area (Å²) in [5, 5.41) is 5.68. The van der Waals surface area contributed by atoms with Gasteiger partial charge in [0, 0.05) is 50.2 Å². The van der Waals surface area contributed by atoms with E-state index in [1.165, 1.54) is 4.68 Å². The summed E-state index contributed by atoms with van der Waals surface area (Å²) in [6, 6.07) is 17.8. The van der Waals surface area contributed by atoms with Gasteiger partial charge in [0.15, 0.2) is 0 Å². The smallest absolute Gasteiger partial charge is 0.350 e. The van der Waals surface area contributed by atoms with E-state index in [2.05, 4.69) is 28.0 Å². The maximum Gasteiger partial charge on any atom is 0.350 e. The number of rotatable bonds is 4. The van der Waals surface area contributed by atoms with Crippen LogP contribution in [-0.2, 0) is 25.3 Å². The number of aromatic nitrogens is 4. The van der Waals surface area contributed by atoms with E-state index >= 15 is 0 Å². The lowest BCUT2D eigenvalue weighted by atomic mass is 9.96. The Morgan fingerprint density at radius 2 is 1.81 bits per heavy atom. The molecule has 5 rings (SSSR count). The molecule has 1 amide bonds. The van der Waals surface area contributed by atoms with Crippen molar-refractivity contribution in [1.29, 1.82) is 0 Å². The standard InChI is InChI=1S/C25H27N5O2/c1-27-16-19(21-12-6-7-13-22(21)27)15-23(31)29-14-8-9-18(17-29)24-26-28(2)25(32)30(24)20-10-4-3-5-11-20/h3-7,10-13,16,18H,8-9,14-15,17H2,1-2H3/t18-/m0/s1. The van der Waals surface area contributed by atoms with E-state index in [9.17, 15) is 9.59 Å². The molecule has 7 heteroatoms. The van der Waals surface area contributed by atoms with Crippen molar-refractivity contribution in [1.82, 2.24) is 23.8 Å². The molecular weight excluding hydrogens is 402 g/mol. The normalized spacial score (nSPS) is 16.6. The van der Waals surface area contributed by atoms with Gasteiger partial charge in [-0.25, -0.2) is 14.0 Å². The largest absolute Gasteiger partial charge is 0.350 e. The number of likely N-dealkylation sites (tertiary alicyclic amines) is 1. The monoisotopic (exact) mass is 429 g/mol. The average molecular weight is 430 g/mol. The van der Waals surface area contributed by atoms with Crippen LogP contribution in [0.2, 0.25) is 0 Å². The first-order valence-electron chi connectivity index (χ1n) is 11.0. The van der Waals surface area contributed by atoms with Gasteiger partial charge in [-0.2, -0.15) is 5.10 Å². The Morgan fingerprint density at radius 1 is 1.06 bits per heavy atom. The zero-order chi connectivity index (χ0) is 22.2. The van der Waals surface area contributed by atoms with Crippen molar-refractivity contribution in [2.24, 2.45) is 14.1 Å². The van der Waals surface area contributed by atoms with Gasteiger partial charge in [0.25, 0.3) is 0 Å². The molecule has 0 radical (unpaired) electrons. The van der Waals surface area contributed by atoms with Crippen LogP contribution >= 0.6 is 0 Å². The van der Waals surface area contributed by atoms with E-state index in [1.807, 2.05) is 54.4 Å². The molecule has 1 atom stereocenters. The lowest BCUT2D eigenvalue weighted by Gasteiger charge is -2.32. The van der Waals surface area contributed by atoms with Crippen molar-refractivity contribution in [3.63, 3.8) is 0 Å². The Balaban J connectivity index is 1.40. The highest BCUT2D eigenvalue weighted by molar-refractivity contribution is 5.89. The quantitative estimate of drug-likeness (QED) is 0.501. The SMILES string of the molecule is Cn1nc([C@H]2CCCN(C(=O)Cc3cn(C)c4ccccc34)C2)n(-c2ccccc2)c1=O. The Hall–Kier alpha value is -3.61. The maximum absolute atomic E-state index is 13.2. The highest BCUT2D eigenvalue weighted by Gasteiger charge is 2.30. The van der Waals surface area contributed by atoms with Crippen LogP contribution in [0.5, 0.6) is 0 Å². The van der Waals surface area contributed by atoms with Crippen LogP contribution in [0.4, 0.5) is 0 Å². The van der Waals surface area contributed by atoms with Crippen LogP contribution < -0.4 is 5.69 Å². The van der Waals surface area contributed by atoms with E-state index in [0.29, 0.717) is 13.0 Å². The van der Waals surface area contributed by atoms with Gasteiger partial charge >= 0.3 is 5.69 Å². The second-order valence-corrected chi connectivity index (χ2v) is 8.57. The Bertz CT molecular complexity index is 1330. The van der Waals surface area contributed by atoms with Gasteiger partial charge in [0.2, 0.25) is 5.91 Å². The number of hydrogen-bond donors (Lipinski definition) is 0. The number of nitrogens with zero attached hydrogens (tertiary/aromatic N) is 5. The second kappa shape index (κ2) is 8.15. The molecule has 0 spiro atoms. The molecule has 1 aliphatic rings. The number of fused-ring (bicyclic) bond motifs is 1. The number of para-hydroxylation sites is 2. The van der Waals surface area contributed by atoms with Crippen LogP contribution in [0.15, 0.2) is 65.6 Å². The Morgan fingerprint density at radius 3 is 2.62 bits per heavy atom. The van der Waals surface area contributed by atoms with E-state index in [-0.39, 0.29) is 17.5 Å². The van der Waals surface area contributed by atoms with Crippen molar-refractivity contribution < 1.29 is 4.79 Å². The number of carbonyl (C=O) groups is 1. The number of amides is 1. The summed E-state index contributed by atoms with van der Waals surface area (Å²) in [5.41, 5.74) is 2.83. The predicted molar refractivity (Wildman–Crippen MR) is 124 cm³/mol. The predicted octanol–water partition coefficient (Wildman–Crippen LogP) is 3.01. The van der Waals surface area contributed by atoms with Crippen LogP contribution in [0, 0.1) is 0 Å². The first-order valence-corrected chi connectivity index (χ1v) is 11.0. The first kappa shape index (κ1) is 20.3. The molecule has 2 aromatic carbocycles. The Kier molecular flexibility index (Phi) is 5.17. The topological polar surface area (TPSA) is 65.1 Å². The minimum atomic E-state index is -0.162. The van der Waals surface area contributed by atoms with Crippen LogP contribution in [0.3, 0.4) is 0 Å². The van der Waals surface area contributed by atoms with Crippen LogP contribution in [0.25, 0.3) is 16.6 Å². The minimum Gasteiger partial charge on any atom is -0.350 e. The maximum atomic E-state index is 13.2. The second-order valence-electron chi connectivity index (χ2n) is 8.57. The van der Waals surface area contributed by atoms with Gasteiger partial charge in [-0.15, -0.1) is 0 Å². The molecule has 4 aromatic rings. The fraction of sp³-hybridized carbons (Fsp3) is 0.320. The number of hydrogen-bond acceptors (Lipinski definition) is 3. The molecule has 164 valence electrons. The lowest BCUT2D eigenvalue weighted by Crippen LogP contribution is -2.40. The van der Waals surface area contributed by atoms with E-state index in [1.54, 1.807) is 11.6 Å². The van der Waals surface area contributed by atoms with Gasteiger partial charge in [-0.05, 0) is 36.6 Å². The third-order valence-electron chi connectivity index (χ3n) is 6.42. The van der Waals surface area contributed by atoms with Crippen LogP contribution in [-0.4, -0.2) is 42.8 Å². The van der Waals surface area contributed by atoms with E-state index < -0.39 is 0 Å². The molecule has 1 saturated heterocycles. The first-order chi connectivity index (χ1) is 15.5. The molecule has 32 heavy (non-hydrogen) atoms.